The number of benzene rings is 1. The highest BCUT2D eigenvalue weighted by Crippen LogP contribution is 2.19. The van der Waals surface area contributed by atoms with E-state index >= 15 is 0 Å². The molecule has 0 radical (unpaired) electrons. The van der Waals surface area contributed by atoms with Crippen LogP contribution in [0.5, 0.6) is 0 Å². The number of anilines is 1. The molecular weight excluding hydrogens is 429 g/mol. The van der Waals surface area contributed by atoms with E-state index in [1.807, 2.05) is 4.90 Å². The lowest BCUT2D eigenvalue weighted by molar-refractivity contribution is 0.0548. The Kier molecular flexibility index (Phi) is 6.33. The lowest BCUT2D eigenvalue weighted by Gasteiger charge is -2.37. The molecule has 1 unspecified atom stereocenters. The first kappa shape index (κ1) is 22.7. The van der Waals surface area contributed by atoms with E-state index in [0.717, 1.165) is 15.2 Å². The van der Waals surface area contributed by atoms with Crippen molar-refractivity contribution in [3.05, 3.63) is 61.0 Å². The normalized spacial score (nSPS) is 15.7. The first-order chi connectivity index (χ1) is 14.5. The van der Waals surface area contributed by atoms with Crippen molar-refractivity contribution in [2.75, 3.05) is 31.9 Å². The van der Waals surface area contributed by atoms with Crippen LogP contribution in [-0.4, -0.2) is 62.8 Å². The third-order valence-corrected chi connectivity index (χ3v) is 5.88. The molecule has 1 aliphatic rings. The van der Waals surface area contributed by atoms with Crippen molar-refractivity contribution in [1.82, 2.24) is 18.9 Å². The number of rotatable bonds is 4. The summed E-state index contributed by atoms with van der Waals surface area (Å²) in [6.07, 6.45) is 0. The van der Waals surface area contributed by atoms with Gasteiger partial charge in [-0.3, -0.25) is 28.4 Å². The second kappa shape index (κ2) is 8.64. The topological polar surface area (TPSA) is 111 Å². The number of halogens is 2. The van der Waals surface area contributed by atoms with Gasteiger partial charge in [-0.15, -0.1) is 0 Å². The Bertz CT molecular complexity index is 1170. The molecule has 0 aliphatic carbocycles. The minimum Gasteiger partial charge on any atom is -0.384 e. The van der Waals surface area contributed by atoms with E-state index in [2.05, 4.69) is 0 Å². The van der Waals surface area contributed by atoms with Crippen LogP contribution < -0.4 is 17.0 Å². The van der Waals surface area contributed by atoms with Crippen molar-refractivity contribution in [3.63, 3.8) is 0 Å². The predicted octanol–water partition coefficient (Wildman–Crippen LogP) is 0.488. The summed E-state index contributed by atoms with van der Waals surface area (Å²) in [5.74, 6) is -1.82. The fraction of sp³-hybridized carbons (Fsp3) is 0.400. The summed E-state index contributed by atoms with van der Waals surface area (Å²) in [6, 6.07) is 3.10. The summed E-state index contributed by atoms with van der Waals surface area (Å²) < 4.78 is 15.9. The first-order valence-electron chi connectivity index (χ1n) is 9.62. The van der Waals surface area contributed by atoms with Crippen molar-refractivity contribution < 1.29 is 14.0 Å². The molecule has 0 spiro atoms. The Morgan fingerprint density at radius 1 is 1.10 bits per heavy atom. The molecule has 1 aliphatic heterocycles. The fourth-order valence-electron chi connectivity index (χ4n) is 3.61. The molecule has 31 heavy (non-hydrogen) atoms. The Balaban J connectivity index is 1.75. The van der Waals surface area contributed by atoms with Crippen LogP contribution in [0.4, 0.5) is 10.2 Å². The van der Waals surface area contributed by atoms with E-state index in [4.69, 9.17) is 17.3 Å². The zero-order valence-corrected chi connectivity index (χ0v) is 18.1. The smallest absolute Gasteiger partial charge is 0.332 e. The number of hydrogen-bond acceptors (Lipinski definition) is 6. The molecule has 0 saturated carbocycles. The lowest BCUT2D eigenvalue weighted by Crippen LogP contribution is -2.54. The molecule has 1 aromatic heterocycles. The van der Waals surface area contributed by atoms with E-state index in [-0.39, 0.29) is 35.1 Å². The minimum atomic E-state index is -0.748. The maximum Gasteiger partial charge on any atom is 0.332 e. The van der Waals surface area contributed by atoms with Crippen LogP contribution in [-0.2, 0) is 14.1 Å². The highest BCUT2D eigenvalue weighted by Gasteiger charge is 2.32. The van der Waals surface area contributed by atoms with E-state index in [9.17, 15) is 23.6 Å². The largest absolute Gasteiger partial charge is 0.384 e. The number of nitrogens with zero attached hydrogens (tertiary/aromatic N) is 4. The van der Waals surface area contributed by atoms with Gasteiger partial charge in [0.05, 0.1) is 11.6 Å². The van der Waals surface area contributed by atoms with Gasteiger partial charge in [0.25, 0.3) is 11.5 Å². The summed E-state index contributed by atoms with van der Waals surface area (Å²) in [6.45, 7) is 2.85. The number of piperazine rings is 1. The Labute approximate surface area is 182 Å². The third kappa shape index (κ3) is 4.13. The first-order valence-corrected chi connectivity index (χ1v) is 10.0. The Morgan fingerprint density at radius 3 is 2.32 bits per heavy atom. The second-order valence-electron chi connectivity index (χ2n) is 7.46. The molecule has 11 heteroatoms. The SMILES string of the molecule is CC(C(=O)c1c(N)n(C)c(=O)n(C)c1=O)N1CCN(C(=O)c2cc(Cl)ccc2F)CC1. The minimum absolute atomic E-state index is 0.105. The van der Waals surface area contributed by atoms with Gasteiger partial charge in [-0.05, 0) is 25.1 Å². The van der Waals surface area contributed by atoms with Crippen LogP contribution in [0.25, 0.3) is 0 Å². The lowest BCUT2D eigenvalue weighted by atomic mass is 10.0. The van der Waals surface area contributed by atoms with Gasteiger partial charge in [-0.25, -0.2) is 9.18 Å². The van der Waals surface area contributed by atoms with Crippen molar-refractivity contribution in [2.45, 2.75) is 13.0 Å². The zero-order valence-electron chi connectivity index (χ0n) is 17.4. The van der Waals surface area contributed by atoms with Crippen molar-refractivity contribution in [2.24, 2.45) is 14.1 Å². The van der Waals surface area contributed by atoms with Crippen molar-refractivity contribution in [3.8, 4) is 0 Å². The standard InChI is InChI=1S/C20H23ClFN5O4/c1-11(16(28)15-17(23)24(2)20(31)25(3)19(15)30)26-6-8-27(9-7-26)18(29)13-10-12(21)4-5-14(13)22/h4-5,10-11H,6-9,23H2,1-3H3. The molecule has 166 valence electrons. The van der Waals surface area contributed by atoms with Crippen LogP contribution in [0.3, 0.4) is 0 Å². The molecule has 1 fully saturated rings. The highest BCUT2D eigenvalue weighted by molar-refractivity contribution is 6.31. The number of nitrogen functional groups attached to an aromatic ring is 1. The molecule has 1 aromatic carbocycles. The predicted molar refractivity (Wildman–Crippen MR) is 114 cm³/mol. The average Bonchev–Trinajstić information content (AvgIpc) is 2.77. The van der Waals surface area contributed by atoms with Gasteiger partial charge in [0.2, 0.25) is 0 Å². The van der Waals surface area contributed by atoms with Crippen LogP contribution in [0.15, 0.2) is 27.8 Å². The monoisotopic (exact) mass is 451 g/mol. The van der Waals surface area contributed by atoms with E-state index in [1.165, 1.54) is 31.1 Å². The third-order valence-electron chi connectivity index (χ3n) is 5.64. The van der Waals surface area contributed by atoms with E-state index in [0.29, 0.717) is 13.1 Å². The number of carbonyl (C=O) groups is 2. The number of hydrogen-bond donors (Lipinski definition) is 1. The highest BCUT2D eigenvalue weighted by atomic mass is 35.5. The summed E-state index contributed by atoms with van der Waals surface area (Å²) in [5, 5.41) is 0.263. The number of nitrogens with two attached hydrogens (primary N) is 1. The second-order valence-corrected chi connectivity index (χ2v) is 7.89. The maximum absolute atomic E-state index is 14.0. The van der Waals surface area contributed by atoms with E-state index < -0.39 is 34.8 Å². The molecule has 2 aromatic rings. The average molecular weight is 452 g/mol. The number of Topliss-reactive ketones (excluding diaryl/α,β-unsaturated/α-hetero) is 1. The van der Waals surface area contributed by atoms with E-state index in [1.54, 1.807) is 6.92 Å². The maximum atomic E-state index is 14.0. The quantitative estimate of drug-likeness (QED) is 0.677. The van der Waals surface area contributed by atoms with Gasteiger partial charge in [0, 0.05) is 45.3 Å². The van der Waals surface area contributed by atoms with Crippen LogP contribution in [0, 0.1) is 5.82 Å². The molecule has 2 heterocycles. The fourth-order valence-corrected chi connectivity index (χ4v) is 3.78. The number of ketones is 1. The summed E-state index contributed by atoms with van der Waals surface area (Å²) >= 11 is 5.87. The number of carbonyl (C=O) groups excluding carboxylic acids is 2. The molecule has 1 atom stereocenters. The van der Waals surface area contributed by atoms with Crippen molar-refractivity contribution >= 4 is 29.1 Å². The number of amides is 1. The van der Waals surface area contributed by atoms with Gasteiger partial charge in [-0.2, -0.15) is 0 Å². The Morgan fingerprint density at radius 2 is 1.71 bits per heavy atom. The van der Waals surface area contributed by atoms with Crippen LogP contribution >= 0.6 is 11.6 Å². The zero-order chi connectivity index (χ0) is 23.0. The summed E-state index contributed by atoms with van der Waals surface area (Å²) in [7, 11) is 2.67. The Hall–Kier alpha value is -2.98. The van der Waals surface area contributed by atoms with Gasteiger partial charge in [0.1, 0.15) is 17.2 Å². The molecular formula is C20H23ClFN5O4. The number of aromatic nitrogens is 2. The van der Waals surface area contributed by atoms with Gasteiger partial charge in [0.15, 0.2) is 5.78 Å². The van der Waals surface area contributed by atoms with Crippen molar-refractivity contribution in [1.29, 1.82) is 0 Å². The molecule has 1 saturated heterocycles. The molecule has 1 amide bonds. The van der Waals surface area contributed by atoms with Gasteiger partial charge in [-0.1, -0.05) is 11.6 Å². The van der Waals surface area contributed by atoms with Crippen LogP contribution in [0.1, 0.15) is 27.6 Å². The summed E-state index contributed by atoms with van der Waals surface area (Å²) in [4.78, 5) is 53.4. The summed E-state index contributed by atoms with van der Waals surface area (Å²) in [5.41, 5.74) is 4.17. The van der Waals surface area contributed by atoms with Crippen LogP contribution in [0.2, 0.25) is 5.02 Å². The van der Waals surface area contributed by atoms with Gasteiger partial charge < -0.3 is 10.6 Å². The molecule has 2 N–H and O–H groups in total. The molecule has 0 bridgehead atoms. The molecule has 3 rings (SSSR count). The molecule has 9 nitrogen and oxygen atoms in total. The van der Waals surface area contributed by atoms with Gasteiger partial charge >= 0.3 is 5.69 Å².